The van der Waals surface area contributed by atoms with Crippen LogP contribution in [0.15, 0.2) is 29.2 Å². The lowest BCUT2D eigenvalue weighted by Gasteiger charge is -2.51. The molecule has 5 nitrogen and oxygen atoms in total. The summed E-state index contributed by atoms with van der Waals surface area (Å²) >= 11 is 0. The van der Waals surface area contributed by atoms with Gasteiger partial charge in [0.05, 0.1) is 18.9 Å². The smallest absolute Gasteiger partial charge is 0.243 e. The van der Waals surface area contributed by atoms with Gasteiger partial charge in [0.1, 0.15) is 0 Å². The number of piperidine rings is 1. The third-order valence-electron chi connectivity index (χ3n) is 6.34. The lowest BCUT2D eigenvalue weighted by molar-refractivity contribution is -0.284. The minimum Gasteiger partial charge on any atom is -0.296 e. The minimum atomic E-state index is -3.70. The van der Waals surface area contributed by atoms with E-state index in [-0.39, 0.29) is 21.4 Å². The number of benzene rings is 1. The van der Waals surface area contributed by atoms with E-state index in [9.17, 15) is 8.42 Å². The topological polar surface area (TPSA) is 49.9 Å². The summed E-state index contributed by atoms with van der Waals surface area (Å²) in [6.45, 7) is 14.0. The maximum atomic E-state index is 13.5. The fourth-order valence-corrected chi connectivity index (χ4v) is 6.64. The Balaban J connectivity index is 1.89. The van der Waals surface area contributed by atoms with Crippen LogP contribution < -0.4 is 0 Å². The molecule has 2 aliphatic heterocycles. The third kappa shape index (κ3) is 4.71. The van der Waals surface area contributed by atoms with E-state index < -0.39 is 22.6 Å². The maximum absolute atomic E-state index is 13.5. The number of hydrogen-bond acceptors (Lipinski definition) is 4. The van der Waals surface area contributed by atoms with Crippen LogP contribution in [0.5, 0.6) is 0 Å². The summed E-state index contributed by atoms with van der Waals surface area (Å²) < 4.78 is 37.3. The summed E-state index contributed by atoms with van der Waals surface area (Å²) in [5, 5.41) is 1.96. The van der Waals surface area contributed by atoms with Crippen LogP contribution in [0.25, 0.3) is 0 Å². The first kappa shape index (κ1) is 21.3. The Morgan fingerprint density at radius 2 is 1.62 bits per heavy atom. The monoisotopic (exact) mass is 423 g/mol. The largest absolute Gasteiger partial charge is 0.296 e. The minimum absolute atomic E-state index is 0.199. The molecular weight excluding hydrogens is 384 g/mol. The van der Waals surface area contributed by atoms with E-state index in [1.165, 1.54) is 4.31 Å². The lowest BCUT2D eigenvalue weighted by Crippen LogP contribution is -2.59. The fraction of sp³-hybridized carbons (Fsp3) is 0.739. The van der Waals surface area contributed by atoms with Crippen LogP contribution in [0.3, 0.4) is 0 Å². The van der Waals surface area contributed by atoms with E-state index in [1.54, 1.807) is 12.1 Å². The number of rotatable bonds is 5. The molecule has 0 spiro atoms. The van der Waals surface area contributed by atoms with Gasteiger partial charge in [0, 0.05) is 17.6 Å². The Bertz CT molecular complexity index is 849. The molecule has 2 fully saturated rings. The molecule has 2 atom stereocenters. The highest BCUT2D eigenvalue weighted by Crippen LogP contribution is 2.41. The molecule has 29 heavy (non-hydrogen) atoms. The van der Waals surface area contributed by atoms with E-state index in [2.05, 4.69) is 41.5 Å². The van der Waals surface area contributed by atoms with Gasteiger partial charge in [-0.3, -0.25) is 4.84 Å². The van der Waals surface area contributed by atoms with Crippen LogP contribution in [0.2, 0.25) is 0 Å². The van der Waals surface area contributed by atoms with Crippen LogP contribution in [0.1, 0.15) is 74.2 Å². The van der Waals surface area contributed by atoms with E-state index in [0.717, 1.165) is 24.8 Å². The Labute approximate surface area is 178 Å². The molecule has 1 aromatic rings. The number of hydrogen-bond donors (Lipinski definition) is 0. The Morgan fingerprint density at radius 3 is 2.17 bits per heavy atom. The third-order valence-corrected chi connectivity index (χ3v) is 8.23. The van der Waals surface area contributed by atoms with Crippen molar-refractivity contribution in [2.45, 2.75) is 96.2 Å². The standard InChI is InChI=1S/C23H38N2O3S/c1-18-9-11-20(12-10-18)29(26,27)24-17-21(2,3)15-19(24)16-28-25-22(4,5)13-8-14-23(25,6)7/h9-12,19H,8,13-17H2,1-7H3/t19-/m0/s1/i16D/t16?,19-. The van der Waals surface area contributed by atoms with E-state index in [4.69, 9.17) is 6.21 Å². The second-order valence-electron chi connectivity index (χ2n) is 10.8. The van der Waals surface area contributed by atoms with Crippen LogP contribution in [0, 0.1) is 12.3 Å². The van der Waals surface area contributed by atoms with Crippen molar-refractivity contribution in [2.24, 2.45) is 5.41 Å². The van der Waals surface area contributed by atoms with Crippen molar-refractivity contribution in [3.63, 3.8) is 0 Å². The van der Waals surface area contributed by atoms with Crippen molar-refractivity contribution in [1.29, 1.82) is 0 Å². The molecule has 2 aliphatic rings. The van der Waals surface area contributed by atoms with E-state index in [0.29, 0.717) is 13.0 Å². The highest BCUT2D eigenvalue weighted by atomic mass is 32.2. The van der Waals surface area contributed by atoms with Gasteiger partial charge < -0.3 is 0 Å². The van der Waals surface area contributed by atoms with E-state index in [1.807, 2.05) is 24.1 Å². The van der Waals surface area contributed by atoms with Gasteiger partial charge in [0.2, 0.25) is 10.0 Å². The predicted molar refractivity (Wildman–Crippen MR) is 117 cm³/mol. The zero-order valence-electron chi connectivity index (χ0n) is 20.0. The first-order valence-corrected chi connectivity index (χ1v) is 12.1. The average Bonchev–Trinajstić information content (AvgIpc) is 2.95. The summed E-state index contributed by atoms with van der Waals surface area (Å²) in [5.74, 6) is 0. The molecule has 0 amide bonds. The molecule has 0 bridgehead atoms. The highest BCUT2D eigenvalue weighted by molar-refractivity contribution is 7.89. The SMILES string of the molecule is [2H]C(ON1C(C)(C)CCCC1(C)C)[C@@H]1CC(C)(C)CN1S(=O)(=O)c1ccc(C)cc1. The van der Waals surface area contributed by atoms with Crippen LogP contribution >= 0.6 is 0 Å². The Morgan fingerprint density at radius 1 is 1.07 bits per heavy atom. The first-order chi connectivity index (χ1) is 13.7. The number of hydroxylamine groups is 2. The number of nitrogens with zero attached hydrogens (tertiary/aromatic N) is 2. The van der Waals surface area contributed by atoms with Crippen LogP contribution in [-0.4, -0.2) is 48.0 Å². The van der Waals surface area contributed by atoms with Crippen molar-refractivity contribution in [3.05, 3.63) is 29.8 Å². The maximum Gasteiger partial charge on any atom is 0.243 e. The number of sulfonamides is 1. The molecule has 0 aliphatic carbocycles. The molecule has 0 aromatic heterocycles. The van der Waals surface area contributed by atoms with Crippen molar-refractivity contribution < 1.29 is 14.6 Å². The quantitative estimate of drug-likeness (QED) is 0.685. The molecule has 1 aromatic carbocycles. The molecule has 2 saturated heterocycles. The normalized spacial score (nSPS) is 28.8. The van der Waals surface area contributed by atoms with Gasteiger partial charge in [-0.1, -0.05) is 31.5 Å². The van der Waals surface area contributed by atoms with Crippen molar-refractivity contribution in [3.8, 4) is 0 Å². The predicted octanol–water partition coefficient (Wildman–Crippen LogP) is 4.76. The van der Waals surface area contributed by atoms with Gasteiger partial charge in [0.25, 0.3) is 0 Å². The van der Waals surface area contributed by atoms with Gasteiger partial charge in [-0.05, 0) is 77.8 Å². The van der Waals surface area contributed by atoms with Gasteiger partial charge in [-0.25, -0.2) is 8.42 Å². The molecule has 1 unspecified atom stereocenters. The van der Waals surface area contributed by atoms with Crippen molar-refractivity contribution in [2.75, 3.05) is 13.1 Å². The molecular formula is C23H38N2O3S. The van der Waals surface area contributed by atoms with Gasteiger partial charge in [-0.15, -0.1) is 0 Å². The zero-order chi connectivity index (χ0) is 22.5. The molecule has 3 rings (SSSR count). The average molecular weight is 424 g/mol. The lowest BCUT2D eigenvalue weighted by atomic mass is 9.82. The van der Waals surface area contributed by atoms with Gasteiger partial charge in [0.15, 0.2) is 0 Å². The first-order valence-electron chi connectivity index (χ1n) is 11.2. The second-order valence-corrected chi connectivity index (χ2v) is 12.7. The van der Waals surface area contributed by atoms with Crippen molar-refractivity contribution >= 4 is 10.0 Å². The van der Waals surface area contributed by atoms with Crippen molar-refractivity contribution in [1.82, 2.24) is 9.37 Å². The zero-order valence-corrected chi connectivity index (χ0v) is 19.8. The summed E-state index contributed by atoms with van der Waals surface area (Å²) in [4.78, 5) is 6.55. The summed E-state index contributed by atoms with van der Waals surface area (Å²) in [5.41, 5.74) is 0.410. The molecule has 2 heterocycles. The summed E-state index contributed by atoms with van der Waals surface area (Å²) in [7, 11) is -3.70. The molecule has 0 saturated carbocycles. The molecule has 6 heteroatoms. The van der Waals surface area contributed by atoms with Gasteiger partial charge >= 0.3 is 0 Å². The molecule has 0 N–H and O–H groups in total. The Hall–Kier alpha value is -0.950. The van der Waals surface area contributed by atoms with E-state index >= 15 is 0 Å². The summed E-state index contributed by atoms with van der Waals surface area (Å²) in [6.07, 6.45) is 3.70. The fourth-order valence-electron chi connectivity index (χ4n) is 4.89. The Kier molecular flexibility index (Phi) is 5.60. The highest BCUT2D eigenvalue weighted by Gasteiger charge is 2.47. The second kappa shape index (κ2) is 7.63. The van der Waals surface area contributed by atoms with Gasteiger partial charge in [-0.2, -0.15) is 9.37 Å². The summed E-state index contributed by atoms with van der Waals surface area (Å²) in [6, 6.07) is 6.42. The molecule has 0 radical (unpaired) electrons. The van der Waals surface area contributed by atoms with Crippen LogP contribution in [0.4, 0.5) is 0 Å². The number of aryl methyl sites for hydroxylation is 1. The van der Waals surface area contributed by atoms with Crippen LogP contribution in [-0.2, 0) is 14.9 Å². The molecule has 164 valence electrons.